The molecule has 1 aliphatic rings. The summed E-state index contributed by atoms with van der Waals surface area (Å²) in [4.78, 5) is 12.0. The molecule has 0 aromatic heterocycles. The number of aromatic hydroxyl groups is 1. The van der Waals surface area contributed by atoms with Crippen molar-refractivity contribution in [3.8, 4) is 23.0 Å². The van der Waals surface area contributed by atoms with Crippen molar-refractivity contribution in [2.75, 3.05) is 20.8 Å². The van der Waals surface area contributed by atoms with Gasteiger partial charge in [0.25, 0.3) is 0 Å². The third-order valence-electron chi connectivity index (χ3n) is 2.79. The summed E-state index contributed by atoms with van der Waals surface area (Å²) in [6, 6.07) is 1.55. The maximum atomic E-state index is 12.0. The first-order valence-electron chi connectivity index (χ1n) is 5.25. The largest absolute Gasteiger partial charge is 0.504 e. The molecule has 17 heavy (non-hydrogen) atoms. The minimum Gasteiger partial charge on any atom is -0.504 e. The number of Topliss-reactive ketones (excluding diaryl/α,β-unsaturated/α-hetero) is 1. The number of carbonyl (C=O) groups is 1. The van der Waals surface area contributed by atoms with Crippen molar-refractivity contribution in [3.63, 3.8) is 0 Å². The SMILES string of the molecule is COc1cc2c(c(O)c1OC)C(=O)C(C)CO2. The Morgan fingerprint density at radius 2 is 2.12 bits per heavy atom. The molecular weight excluding hydrogens is 224 g/mol. The molecule has 0 radical (unpaired) electrons. The third kappa shape index (κ3) is 1.67. The molecule has 0 fully saturated rings. The van der Waals surface area contributed by atoms with Gasteiger partial charge in [-0.2, -0.15) is 0 Å². The highest BCUT2D eigenvalue weighted by molar-refractivity contribution is 6.04. The van der Waals surface area contributed by atoms with Gasteiger partial charge in [0, 0.05) is 6.07 Å². The average Bonchev–Trinajstić information content (AvgIpc) is 2.33. The maximum Gasteiger partial charge on any atom is 0.204 e. The summed E-state index contributed by atoms with van der Waals surface area (Å²) >= 11 is 0. The number of phenols is 1. The Kier molecular flexibility index (Phi) is 2.83. The molecule has 1 N–H and O–H groups in total. The molecule has 0 saturated carbocycles. The van der Waals surface area contributed by atoms with Crippen LogP contribution >= 0.6 is 0 Å². The van der Waals surface area contributed by atoms with E-state index in [1.807, 2.05) is 0 Å². The summed E-state index contributed by atoms with van der Waals surface area (Å²) in [7, 11) is 2.86. The van der Waals surface area contributed by atoms with Gasteiger partial charge in [0.15, 0.2) is 17.3 Å². The van der Waals surface area contributed by atoms with Crippen molar-refractivity contribution in [1.29, 1.82) is 0 Å². The predicted molar refractivity (Wildman–Crippen MR) is 60.2 cm³/mol. The predicted octanol–water partition coefficient (Wildman–Crippen LogP) is 1.62. The Morgan fingerprint density at radius 3 is 2.71 bits per heavy atom. The van der Waals surface area contributed by atoms with Crippen molar-refractivity contribution in [2.24, 2.45) is 5.92 Å². The molecule has 1 atom stereocenters. The lowest BCUT2D eigenvalue weighted by Crippen LogP contribution is -2.25. The van der Waals surface area contributed by atoms with E-state index in [0.29, 0.717) is 18.1 Å². The normalized spacial score (nSPS) is 18.3. The Hall–Kier alpha value is -1.91. The van der Waals surface area contributed by atoms with E-state index in [9.17, 15) is 9.90 Å². The van der Waals surface area contributed by atoms with Gasteiger partial charge in [0.1, 0.15) is 11.3 Å². The highest BCUT2D eigenvalue weighted by atomic mass is 16.5. The second-order valence-corrected chi connectivity index (χ2v) is 3.91. The van der Waals surface area contributed by atoms with E-state index >= 15 is 0 Å². The smallest absolute Gasteiger partial charge is 0.204 e. The Balaban J connectivity index is 2.65. The number of phenolic OH excluding ortho intramolecular Hbond substituents is 1. The van der Waals surface area contributed by atoms with E-state index < -0.39 is 0 Å². The van der Waals surface area contributed by atoms with Gasteiger partial charge in [-0.1, -0.05) is 6.92 Å². The van der Waals surface area contributed by atoms with Crippen LogP contribution in [-0.2, 0) is 0 Å². The van der Waals surface area contributed by atoms with Crippen molar-refractivity contribution in [1.82, 2.24) is 0 Å². The molecule has 92 valence electrons. The van der Waals surface area contributed by atoms with Crippen LogP contribution < -0.4 is 14.2 Å². The second kappa shape index (κ2) is 4.16. The highest BCUT2D eigenvalue weighted by Gasteiger charge is 2.32. The molecular formula is C12H14O5. The van der Waals surface area contributed by atoms with Crippen LogP contribution in [0.2, 0.25) is 0 Å². The molecule has 5 nitrogen and oxygen atoms in total. The lowest BCUT2D eigenvalue weighted by molar-refractivity contribution is 0.0843. The lowest BCUT2D eigenvalue weighted by atomic mass is 9.95. The molecule has 1 aromatic carbocycles. The van der Waals surface area contributed by atoms with Crippen LogP contribution in [-0.4, -0.2) is 31.7 Å². The number of ether oxygens (including phenoxy) is 3. The van der Waals surface area contributed by atoms with Crippen molar-refractivity contribution < 1.29 is 24.1 Å². The van der Waals surface area contributed by atoms with Gasteiger partial charge in [-0.05, 0) is 0 Å². The zero-order chi connectivity index (χ0) is 12.6. The van der Waals surface area contributed by atoms with Crippen molar-refractivity contribution in [2.45, 2.75) is 6.92 Å². The highest BCUT2D eigenvalue weighted by Crippen LogP contribution is 2.46. The van der Waals surface area contributed by atoms with Gasteiger partial charge in [-0.15, -0.1) is 0 Å². The van der Waals surface area contributed by atoms with Crippen LogP contribution in [0.3, 0.4) is 0 Å². The van der Waals surface area contributed by atoms with Crippen LogP contribution in [0, 0.1) is 5.92 Å². The standard InChI is InChI=1S/C12H14O5/c1-6-5-17-7-4-8(15-2)12(16-3)11(14)9(7)10(6)13/h4,6,14H,5H2,1-3H3. The van der Waals surface area contributed by atoms with Crippen molar-refractivity contribution in [3.05, 3.63) is 11.6 Å². The molecule has 0 spiro atoms. The molecule has 5 heteroatoms. The quantitative estimate of drug-likeness (QED) is 0.848. The average molecular weight is 238 g/mol. The fraction of sp³-hybridized carbons (Fsp3) is 0.417. The minimum absolute atomic E-state index is 0.148. The molecule has 1 heterocycles. The Labute approximate surface area is 98.9 Å². The van der Waals surface area contributed by atoms with E-state index in [0.717, 1.165) is 0 Å². The zero-order valence-corrected chi connectivity index (χ0v) is 9.94. The molecule has 1 aliphatic heterocycles. The van der Waals surface area contributed by atoms with Gasteiger partial charge in [0.2, 0.25) is 5.75 Å². The number of hydrogen-bond acceptors (Lipinski definition) is 5. The molecule has 0 saturated heterocycles. The summed E-state index contributed by atoms with van der Waals surface area (Å²) in [5, 5.41) is 10.0. The van der Waals surface area contributed by atoms with Crippen LogP contribution in [0.4, 0.5) is 0 Å². The summed E-state index contributed by atoms with van der Waals surface area (Å²) in [6.45, 7) is 2.06. The number of carbonyl (C=O) groups excluding carboxylic acids is 1. The topological polar surface area (TPSA) is 65.0 Å². The van der Waals surface area contributed by atoms with E-state index in [4.69, 9.17) is 14.2 Å². The van der Waals surface area contributed by atoms with Crippen LogP contribution in [0.1, 0.15) is 17.3 Å². The van der Waals surface area contributed by atoms with E-state index in [2.05, 4.69) is 0 Å². The summed E-state index contributed by atoms with van der Waals surface area (Å²) in [5.41, 5.74) is 0.168. The van der Waals surface area contributed by atoms with E-state index in [1.165, 1.54) is 14.2 Å². The fourth-order valence-corrected chi connectivity index (χ4v) is 1.84. The fourth-order valence-electron chi connectivity index (χ4n) is 1.84. The number of ketones is 1. The molecule has 1 aromatic rings. The zero-order valence-electron chi connectivity index (χ0n) is 9.94. The first-order chi connectivity index (χ1) is 8.10. The van der Waals surface area contributed by atoms with Crippen LogP contribution in [0.5, 0.6) is 23.0 Å². The van der Waals surface area contributed by atoms with Gasteiger partial charge in [-0.3, -0.25) is 4.79 Å². The molecule has 0 bridgehead atoms. The number of methoxy groups -OCH3 is 2. The monoisotopic (exact) mass is 238 g/mol. The Morgan fingerprint density at radius 1 is 1.41 bits per heavy atom. The van der Waals surface area contributed by atoms with Gasteiger partial charge in [-0.25, -0.2) is 0 Å². The molecule has 0 aliphatic carbocycles. The number of benzene rings is 1. The van der Waals surface area contributed by atoms with Gasteiger partial charge in [0.05, 0.1) is 26.7 Å². The third-order valence-corrected chi connectivity index (χ3v) is 2.79. The second-order valence-electron chi connectivity index (χ2n) is 3.91. The summed E-state index contributed by atoms with van der Waals surface area (Å²) < 4.78 is 15.5. The minimum atomic E-state index is -0.272. The lowest BCUT2D eigenvalue weighted by Gasteiger charge is -2.23. The molecule has 1 unspecified atom stereocenters. The van der Waals surface area contributed by atoms with E-state index in [-0.39, 0.29) is 28.8 Å². The van der Waals surface area contributed by atoms with Gasteiger partial charge >= 0.3 is 0 Å². The first-order valence-corrected chi connectivity index (χ1v) is 5.25. The number of fused-ring (bicyclic) bond motifs is 1. The molecule has 2 rings (SSSR count). The summed E-state index contributed by atoms with van der Waals surface area (Å²) in [6.07, 6.45) is 0. The summed E-state index contributed by atoms with van der Waals surface area (Å²) in [5.74, 6) is 0.182. The maximum absolute atomic E-state index is 12.0. The van der Waals surface area contributed by atoms with Gasteiger partial charge < -0.3 is 19.3 Å². The number of rotatable bonds is 2. The van der Waals surface area contributed by atoms with Crippen LogP contribution in [0.25, 0.3) is 0 Å². The Bertz CT molecular complexity index is 466. The first kappa shape index (κ1) is 11.6. The number of hydrogen-bond donors (Lipinski definition) is 1. The van der Waals surface area contributed by atoms with E-state index in [1.54, 1.807) is 13.0 Å². The van der Waals surface area contributed by atoms with Crippen molar-refractivity contribution >= 4 is 5.78 Å². The molecule has 0 amide bonds. The van der Waals surface area contributed by atoms with Crippen LogP contribution in [0.15, 0.2) is 6.07 Å².